The van der Waals surface area contributed by atoms with Crippen molar-refractivity contribution >= 4 is 17.1 Å². The Morgan fingerprint density at radius 1 is 1.06 bits per heavy atom. The van der Waals surface area contributed by atoms with Crippen LogP contribution in [-0.2, 0) is 20.1 Å². The monoisotopic (exact) mass is 428 g/mol. The molecule has 0 aliphatic carbocycles. The van der Waals surface area contributed by atoms with E-state index in [4.69, 9.17) is 4.98 Å². The maximum Gasteiger partial charge on any atom is 0.329 e. The summed E-state index contributed by atoms with van der Waals surface area (Å²) in [5, 5.41) is 0. The van der Waals surface area contributed by atoms with Crippen LogP contribution in [0.15, 0.2) is 33.9 Å². The molecule has 0 saturated carbocycles. The molecule has 166 valence electrons. The summed E-state index contributed by atoms with van der Waals surface area (Å²) in [5.41, 5.74) is 1.13. The number of anilines is 1. The Hall–Kier alpha value is -2.94. The van der Waals surface area contributed by atoms with Crippen LogP contribution in [0, 0.1) is 5.82 Å². The van der Waals surface area contributed by atoms with Crippen molar-refractivity contribution in [1.29, 1.82) is 0 Å². The summed E-state index contributed by atoms with van der Waals surface area (Å²) >= 11 is 0. The first-order valence-corrected chi connectivity index (χ1v) is 10.9. The number of aryl methyl sites for hydroxylation is 2. The molecule has 1 saturated heterocycles. The molecule has 9 heteroatoms. The zero-order chi connectivity index (χ0) is 22.0. The molecule has 0 spiro atoms. The molecule has 4 rings (SSSR count). The van der Waals surface area contributed by atoms with Gasteiger partial charge >= 0.3 is 5.69 Å². The fraction of sp³-hybridized carbons (Fsp3) is 0.500. The second-order valence-electron chi connectivity index (χ2n) is 8.15. The molecule has 0 atom stereocenters. The minimum Gasteiger partial charge on any atom is -0.340 e. The van der Waals surface area contributed by atoms with E-state index in [2.05, 4.69) is 21.7 Å². The normalized spacial score (nSPS) is 15.1. The van der Waals surface area contributed by atoms with Gasteiger partial charge in [0, 0.05) is 46.3 Å². The van der Waals surface area contributed by atoms with E-state index in [0.717, 1.165) is 63.5 Å². The van der Waals surface area contributed by atoms with E-state index >= 15 is 0 Å². The summed E-state index contributed by atoms with van der Waals surface area (Å²) in [4.78, 5) is 36.3. The Kier molecular flexibility index (Phi) is 6.22. The van der Waals surface area contributed by atoms with Crippen LogP contribution in [0.25, 0.3) is 11.2 Å². The summed E-state index contributed by atoms with van der Waals surface area (Å²) in [6, 6.07) is 6.63. The van der Waals surface area contributed by atoms with Gasteiger partial charge in [-0.05, 0) is 24.1 Å². The second-order valence-corrected chi connectivity index (χ2v) is 8.15. The van der Waals surface area contributed by atoms with E-state index < -0.39 is 5.69 Å². The number of hydrogen-bond donors (Lipinski definition) is 1. The topological polar surface area (TPSA) is 79.2 Å². The number of aromatic amines is 1. The van der Waals surface area contributed by atoms with E-state index in [1.54, 1.807) is 7.05 Å². The fourth-order valence-corrected chi connectivity index (χ4v) is 4.15. The number of hydrogen-bond acceptors (Lipinski definition) is 5. The summed E-state index contributed by atoms with van der Waals surface area (Å²) in [7, 11) is 1.63. The average Bonchev–Trinajstić information content (AvgIpc) is 3.15. The van der Waals surface area contributed by atoms with Gasteiger partial charge in [0.05, 0.1) is 0 Å². The van der Waals surface area contributed by atoms with Crippen molar-refractivity contribution in [2.24, 2.45) is 7.05 Å². The summed E-state index contributed by atoms with van der Waals surface area (Å²) in [6.07, 6.45) is 3.09. The second kappa shape index (κ2) is 9.05. The van der Waals surface area contributed by atoms with Crippen molar-refractivity contribution in [3.8, 4) is 0 Å². The Labute approximate surface area is 179 Å². The first-order chi connectivity index (χ1) is 15.0. The van der Waals surface area contributed by atoms with Gasteiger partial charge in [0.1, 0.15) is 5.82 Å². The lowest BCUT2D eigenvalue weighted by Crippen LogP contribution is -2.46. The van der Waals surface area contributed by atoms with Crippen molar-refractivity contribution in [3.05, 3.63) is 56.5 Å². The number of nitrogens with zero attached hydrogens (tertiary/aromatic N) is 5. The third-order valence-corrected chi connectivity index (χ3v) is 5.95. The highest BCUT2D eigenvalue weighted by Gasteiger charge is 2.24. The molecule has 3 aromatic rings. The molecule has 1 aliphatic heterocycles. The Balaban J connectivity index is 1.57. The van der Waals surface area contributed by atoms with Crippen LogP contribution in [0.4, 0.5) is 10.3 Å². The number of aromatic nitrogens is 4. The summed E-state index contributed by atoms with van der Waals surface area (Å²) in [5.74, 6) is 0.527. The Morgan fingerprint density at radius 2 is 1.77 bits per heavy atom. The number of halogens is 1. The van der Waals surface area contributed by atoms with Crippen LogP contribution in [0.2, 0.25) is 0 Å². The minimum absolute atomic E-state index is 0.222. The van der Waals surface area contributed by atoms with Gasteiger partial charge in [-0.25, -0.2) is 9.18 Å². The average molecular weight is 429 g/mol. The van der Waals surface area contributed by atoms with Gasteiger partial charge in [-0.3, -0.25) is 19.2 Å². The maximum absolute atomic E-state index is 13.1. The van der Waals surface area contributed by atoms with Gasteiger partial charge in [-0.2, -0.15) is 4.98 Å². The van der Waals surface area contributed by atoms with E-state index in [1.165, 1.54) is 16.7 Å². The van der Waals surface area contributed by atoms with Crippen LogP contribution >= 0.6 is 0 Å². The Morgan fingerprint density at radius 3 is 2.45 bits per heavy atom. The molecule has 1 fully saturated rings. The van der Waals surface area contributed by atoms with Crippen LogP contribution < -0.4 is 16.1 Å². The molecular weight excluding hydrogens is 399 g/mol. The number of H-pyrrole nitrogens is 1. The van der Waals surface area contributed by atoms with Crippen molar-refractivity contribution < 1.29 is 4.39 Å². The van der Waals surface area contributed by atoms with Crippen molar-refractivity contribution in [2.45, 2.75) is 39.3 Å². The molecular formula is C22H29FN6O2. The minimum atomic E-state index is -0.452. The number of unbranched alkanes of at least 4 members (excludes halogenated alkanes) is 2. The van der Waals surface area contributed by atoms with Gasteiger partial charge in [0.2, 0.25) is 5.95 Å². The molecule has 1 N–H and O–H groups in total. The highest BCUT2D eigenvalue weighted by atomic mass is 19.1. The third kappa shape index (κ3) is 4.41. The number of nitrogens with one attached hydrogen (secondary N) is 1. The first-order valence-electron chi connectivity index (χ1n) is 10.9. The molecule has 0 radical (unpaired) electrons. The zero-order valence-corrected chi connectivity index (χ0v) is 18.1. The van der Waals surface area contributed by atoms with Gasteiger partial charge in [-0.15, -0.1) is 0 Å². The predicted octanol–water partition coefficient (Wildman–Crippen LogP) is 2.07. The largest absolute Gasteiger partial charge is 0.340 e. The summed E-state index contributed by atoms with van der Waals surface area (Å²) in [6.45, 7) is 6.82. The molecule has 2 aromatic heterocycles. The maximum atomic E-state index is 13.1. The number of fused-ring (bicyclic) bond motifs is 1. The smallest absolute Gasteiger partial charge is 0.329 e. The van der Waals surface area contributed by atoms with Crippen molar-refractivity contribution in [1.82, 2.24) is 24.0 Å². The highest BCUT2D eigenvalue weighted by molar-refractivity contribution is 5.74. The third-order valence-electron chi connectivity index (χ3n) is 5.95. The van der Waals surface area contributed by atoms with Crippen LogP contribution in [0.3, 0.4) is 0 Å². The molecule has 1 aliphatic rings. The van der Waals surface area contributed by atoms with E-state index in [0.29, 0.717) is 17.7 Å². The Bertz CT molecular complexity index is 1160. The molecule has 0 amide bonds. The molecule has 31 heavy (non-hydrogen) atoms. The quantitative estimate of drug-likeness (QED) is 0.583. The fourth-order valence-electron chi connectivity index (χ4n) is 4.15. The van der Waals surface area contributed by atoms with Crippen LogP contribution in [0.5, 0.6) is 0 Å². The SMILES string of the molecule is CCCCCn1c(N2CCN(Cc3ccc(F)cc3)CC2)nc2c1c(=O)[nH]c(=O)n2C. The van der Waals surface area contributed by atoms with Crippen LogP contribution in [-0.4, -0.2) is 50.2 Å². The number of imidazole rings is 1. The number of benzene rings is 1. The van der Waals surface area contributed by atoms with Gasteiger partial charge in [0.25, 0.3) is 5.56 Å². The van der Waals surface area contributed by atoms with E-state index in [9.17, 15) is 14.0 Å². The van der Waals surface area contributed by atoms with Gasteiger partial charge in [-0.1, -0.05) is 31.9 Å². The lowest BCUT2D eigenvalue weighted by Gasteiger charge is -2.35. The molecule has 1 aromatic carbocycles. The molecule has 8 nitrogen and oxygen atoms in total. The van der Waals surface area contributed by atoms with E-state index in [1.807, 2.05) is 16.7 Å². The first kappa shape index (κ1) is 21.3. The van der Waals surface area contributed by atoms with Gasteiger partial charge in [0.15, 0.2) is 11.2 Å². The molecule has 0 bridgehead atoms. The number of rotatable bonds is 7. The molecule has 0 unspecified atom stereocenters. The van der Waals surface area contributed by atoms with Crippen molar-refractivity contribution in [2.75, 3.05) is 31.1 Å². The van der Waals surface area contributed by atoms with Crippen molar-refractivity contribution in [3.63, 3.8) is 0 Å². The van der Waals surface area contributed by atoms with E-state index in [-0.39, 0.29) is 11.4 Å². The molecule has 3 heterocycles. The van der Waals surface area contributed by atoms with Crippen LogP contribution in [0.1, 0.15) is 31.7 Å². The highest BCUT2D eigenvalue weighted by Crippen LogP contribution is 2.22. The predicted molar refractivity (Wildman–Crippen MR) is 119 cm³/mol. The zero-order valence-electron chi connectivity index (χ0n) is 18.1. The lowest BCUT2D eigenvalue weighted by atomic mass is 10.2. The standard InChI is InChI=1S/C22H29FN6O2/c1-3-4-5-10-29-18-19(26(2)22(31)25-20(18)30)24-21(29)28-13-11-27(12-14-28)15-16-6-8-17(23)9-7-16/h6-9H,3-5,10-15H2,1-2H3,(H,25,30,31). The number of piperazine rings is 1. The lowest BCUT2D eigenvalue weighted by molar-refractivity contribution is 0.248. The summed E-state index contributed by atoms with van der Waals surface area (Å²) < 4.78 is 16.5. The van der Waals surface area contributed by atoms with Gasteiger partial charge < -0.3 is 9.47 Å².